The highest BCUT2D eigenvalue weighted by molar-refractivity contribution is 7.26. The molecule has 0 radical (unpaired) electrons. The van der Waals surface area contributed by atoms with Crippen LogP contribution in [0.4, 0.5) is 17.1 Å². The van der Waals surface area contributed by atoms with Crippen LogP contribution in [0, 0.1) is 0 Å². The zero-order chi connectivity index (χ0) is 42.4. The fourth-order valence-corrected chi connectivity index (χ4v) is 10.9. The summed E-state index contributed by atoms with van der Waals surface area (Å²) in [5.74, 6) is 0. The summed E-state index contributed by atoms with van der Waals surface area (Å²) in [6.07, 6.45) is 0. The second kappa shape index (κ2) is 16.0. The van der Waals surface area contributed by atoms with Crippen molar-refractivity contribution in [3.05, 3.63) is 249 Å². The summed E-state index contributed by atoms with van der Waals surface area (Å²) in [5, 5.41) is 7.53. The Bertz CT molecular complexity index is 3650. The number of fused-ring (bicyclic) bond motifs is 6. The molecular weight excluding hydrogens is 791 g/mol. The third-order valence-corrected chi connectivity index (χ3v) is 13.8. The van der Waals surface area contributed by atoms with E-state index in [4.69, 9.17) is 0 Å². The third kappa shape index (κ3) is 6.55. The van der Waals surface area contributed by atoms with Gasteiger partial charge in [0.25, 0.3) is 0 Å². The molecule has 11 aromatic carbocycles. The van der Waals surface area contributed by atoms with Crippen molar-refractivity contribution in [3.63, 3.8) is 0 Å². The lowest BCUT2D eigenvalue weighted by molar-refractivity contribution is 1.30. The van der Waals surface area contributed by atoms with Gasteiger partial charge in [-0.15, -0.1) is 11.3 Å². The van der Waals surface area contributed by atoms with Gasteiger partial charge >= 0.3 is 0 Å². The minimum absolute atomic E-state index is 1.09. The molecule has 0 amide bonds. The average molecular weight is 832 g/mol. The molecule has 0 aliphatic rings. The van der Waals surface area contributed by atoms with Gasteiger partial charge in [0.1, 0.15) is 0 Å². The molecule has 0 N–H and O–H groups in total. The Morgan fingerprint density at radius 3 is 1.48 bits per heavy atom. The lowest BCUT2D eigenvalue weighted by Crippen LogP contribution is -2.12. The summed E-state index contributed by atoms with van der Waals surface area (Å²) >= 11 is 1.86. The van der Waals surface area contributed by atoms with Crippen molar-refractivity contribution in [1.82, 2.24) is 0 Å². The van der Waals surface area contributed by atoms with Crippen LogP contribution in [0.25, 0.3) is 97.4 Å². The molecule has 0 aliphatic heterocycles. The summed E-state index contributed by atoms with van der Waals surface area (Å²) in [5.41, 5.74) is 15.3. The lowest BCUT2D eigenvalue weighted by atomic mass is 9.84. The van der Waals surface area contributed by atoms with Gasteiger partial charge in [-0.2, -0.15) is 0 Å². The maximum absolute atomic E-state index is 2.50. The van der Waals surface area contributed by atoms with Crippen molar-refractivity contribution in [2.45, 2.75) is 0 Å². The van der Waals surface area contributed by atoms with E-state index in [9.17, 15) is 0 Å². The molecule has 0 spiro atoms. The van der Waals surface area contributed by atoms with Crippen LogP contribution in [0.5, 0.6) is 0 Å². The fourth-order valence-electron chi connectivity index (χ4n) is 9.75. The number of anilines is 3. The molecule has 12 rings (SSSR count). The number of nitrogens with zero attached hydrogens (tertiary/aromatic N) is 1. The molecular formula is C62H41NS. The van der Waals surface area contributed by atoms with Crippen LogP contribution in [0.15, 0.2) is 249 Å². The van der Waals surface area contributed by atoms with Gasteiger partial charge in [-0.3, -0.25) is 0 Å². The van der Waals surface area contributed by atoms with E-state index in [-0.39, 0.29) is 0 Å². The van der Waals surface area contributed by atoms with Gasteiger partial charge in [-0.25, -0.2) is 0 Å². The lowest BCUT2D eigenvalue weighted by Gasteiger charge is -2.29. The van der Waals surface area contributed by atoms with Crippen molar-refractivity contribution in [3.8, 4) is 55.6 Å². The summed E-state index contributed by atoms with van der Waals surface area (Å²) in [6.45, 7) is 0. The smallest absolute Gasteiger partial charge is 0.0555 e. The van der Waals surface area contributed by atoms with E-state index >= 15 is 0 Å². The molecule has 0 unspecified atom stereocenters. The summed E-state index contributed by atoms with van der Waals surface area (Å²) < 4.78 is 2.56. The van der Waals surface area contributed by atoms with Gasteiger partial charge in [0.05, 0.1) is 11.4 Å². The first-order chi connectivity index (χ1) is 31.8. The highest BCUT2D eigenvalue weighted by Crippen LogP contribution is 2.50. The monoisotopic (exact) mass is 831 g/mol. The molecule has 300 valence electrons. The summed E-state index contributed by atoms with van der Waals surface area (Å²) in [4.78, 5) is 2.50. The molecule has 0 aliphatic carbocycles. The van der Waals surface area contributed by atoms with Crippen LogP contribution in [0.2, 0.25) is 0 Å². The topological polar surface area (TPSA) is 3.24 Å². The van der Waals surface area contributed by atoms with Gasteiger partial charge in [-0.05, 0) is 120 Å². The zero-order valence-electron chi connectivity index (χ0n) is 35.0. The first-order valence-electron chi connectivity index (χ1n) is 21.9. The fraction of sp³-hybridized carbons (Fsp3) is 0. The summed E-state index contributed by atoms with van der Waals surface area (Å²) in [6, 6.07) is 91.1. The van der Waals surface area contributed by atoms with Gasteiger partial charge < -0.3 is 4.90 Å². The highest BCUT2D eigenvalue weighted by atomic mass is 32.1. The molecule has 1 heterocycles. The normalized spacial score (nSPS) is 11.4. The number of hydrogen-bond acceptors (Lipinski definition) is 2. The predicted molar refractivity (Wildman–Crippen MR) is 276 cm³/mol. The van der Waals surface area contributed by atoms with E-state index in [0.29, 0.717) is 0 Å². The SMILES string of the molecule is c1ccc(-c2ccc(N(c3cccc(-c4ccc5c(c4)c(-c4ccccc4)c(-c4ccccc4)c4ccccc45)c3)c3cccc4sc5ccccc5c34)c(-c3ccccc3)c2)cc1. The number of thiophene rings is 1. The van der Waals surface area contributed by atoms with Crippen molar-refractivity contribution in [2.24, 2.45) is 0 Å². The van der Waals surface area contributed by atoms with Crippen LogP contribution in [-0.4, -0.2) is 0 Å². The van der Waals surface area contributed by atoms with Gasteiger partial charge in [0, 0.05) is 31.4 Å². The first kappa shape index (κ1) is 37.7. The van der Waals surface area contributed by atoms with Crippen LogP contribution in [0.3, 0.4) is 0 Å². The number of benzene rings is 11. The van der Waals surface area contributed by atoms with E-state index in [1.165, 1.54) is 91.8 Å². The minimum atomic E-state index is 1.09. The van der Waals surface area contributed by atoms with E-state index in [2.05, 4.69) is 254 Å². The molecule has 1 aromatic heterocycles. The number of rotatable bonds is 8. The second-order valence-electron chi connectivity index (χ2n) is 16.4. The van der Waals surface area contributed by atoms with E-state index < -0.39 is 0 Å². The van der Waals surface area contributed by atoms with Crippen molar-refractivity contribution in [1.29, 1.82) is 0 Å². The quantitative estimate of drug-likeness (QED) is 0.138. The molecule has 12 aromatic rings. The highest BCUT2D eigenvalue weighted by Gasteiger charge is 2.23. The number of hydrogen-bond donors (Lipinski definition) is 0. The largest absolute Gasteiger partial charge is 0.309 e. The molecule has 0 fully saturated rings. The van der Waals surface area contributed by atoms with Crippen LogP contribution >= 0.6 is 11.3 Å². The van der Waals surface area contributed by atoms with Crippen molar-refractivity contribution < 1.29 is 0 Å². The molecule has 64 heavy (non-hydrogen) atoms. The van der Waals surface area contributed by atoms with Crippen LogP contribution in [0.1, 0.15) is 0 Å². The average Bonchev–Trinajstić information content (AvgIpc) is 3.77. The third-order valence-electron chi connectivity index (χ3n) is 12.6. The Hall–Kier alpha value is -8.04. The molecule has 0 saturated carbocycles. The van der Waals surface area contributed by atoms with E-state index in [1.54, 1.807) is 0 Å². The maximum atomic E-state index is 2.50. The molecule has 2 heteroatoms. The van der Waals surface area contributed by atoms with Crippen LogP contribution < -0.4 is 4.90 Å². The Balaban J connectivity index is 1.11. The van der Waals surface area contributed by atoms with E-state index in [1.807, 2.05) is 11.3 Å². The van der Waals surface area contributed by atoms with Crippen molar-refractivity contribution >= 4 is 70.1 Å². The van der Waals surface area contributed by atoms with Gasteiger partial charge in [-0.1, -0.05) is 200 Å². The van der Waals surface area contributed by atoms with Gasteiger partial charge in [0.15, 0.2) is 0 Å². The van der Waals surface area contributed by atoms with Crippen molar-refractivity contribution in [2.75, 3.05) is 4.90 Å². The maximum Gasteiger partial charge on any atom is 0.0555 e. The second-order valence-corrected chi connectivity index (χ2v) is 17.5. The van der Waals surface area contributed by atoms with Gasteiger partial charge in [0.2, 0.25) is 0 Å². The Labute approximate surface area is 377 Å². The summed E-state index contributed by atoms with van der Waals surface area (Å²) in [7, 11) is 0. The molecule has 0 bridgehead atoms. The van der Waals surface area contributed by atoms with Crippen LogP contribution in [-0.2, 0) is 0 Å². The Kier molecular flexibility index (Phi) is 9.43. The predicted octanol–water partition coefficient (Wildman–Crippen LogP) is 18.2. The molecule has 1 nitrogen and oxygen atoms in total. The minimum Gasteiger partial charge on any atom is -0.309 e. The Morgan fingerprint density at radius 2 is 0.766 bits per heavy atom. The first-order valence-corrected chi connectivity index (χ1v) is 22.7. The standard InChI is InChI=1S/C62H41NS/c1-5-19-42(20-6-1)47-36-38-56(54(40-47)43-21-7-2-8-22-43)63(57-32-18-34-59-62(57)53-31-15-16-33-58(53)64-59)49-28-17-27-46(39-49)48-35-37-51-50-29-13-14-30-52(50)60(44-23-9-3-10-24-44)61(55(51)41-48)45-25-11-4-12-26-45/h1-41H. The molecule has 0 atom stereocenters. The van der Waals surface area contributed by atoms with E-state index in [0.717, 1.165) is 22.6 Å². The molecule has 0 saturated heterocycles. The zero-order valence-corrected chi connectivity index (χ0v) is 35.8. The Morgan fingerprint density at radius 1 is 0.266 bits per heavy atom.